The zero-order valence-corrected chi connectivity index (χ0v) is 9.73. The molecule has 0 amide bonds. The van der Waals surface area contributed by atoms with Crippen LogP contribution in [0.15, 0.2) is 16.5 Å². The first-order valence-corrected chi connectivity index (χ1v) is 5.80. The summed E-state index contributed by atoms with van der Waals surface area (Å²) in [6.45, 7) is 2.77. The Labute approximate surface area is 96.3 Å². The van der Waals surface area contributed by atoms with E-state index in [-0.39, 0.29) is 5.88 Å². The Kier molecular flexibility index (Phi) is 3.23. The van der Waals surface area contributed by atoms with Crippen LogP contribution in [0.3, 0.4) is 0 Å². The highest BCUT2D eigenvalue weighted by atomic mass is 35.5. The Morgan fingerprint density at radius 3 is 2.93 bits per heavy atom. The van der Waals surface area contributed by atoms with Crippen LogP contribution in [0.2, 0.25) is 0 Å². The van der Waals surface area contributed by atoms with Gasteiger partial charge in [0.1, 0.15) is 5.88 Å². The number of halogens is 1. The SMILES string of the molecule is Cc1ccc(CNc2nnc(CCl)o2)s1. The van der Waals surface area contributed by atoms with Gasteiger partial charge in [0.15, 0.2) is 0 Å². The van der Waals surface area contributed by atoms with Gasteiger partial charge in [0, 0.05) is 9.75 Å². The van der Waals surface area contributed by atoms with E-state index in [0.29, 0.717) is 18.5 Å². The molecule has 1 N–H and O–H groups in total. The van der Waals surface area contributed by atoms with Gasteiger partial charge in [-0.15, -0.1) is 28.0 Å². The second kappa shape index (κ2) is 4.63. The van der Waals surface area contributed by atoms with E-state index in [2.05, 4.69) is 34.6 Å². The Bertz CT molecular complexity index is 440. The van der Waals surface area contributed by atoms with E-state index in [1.165, 1.54) is 9.75 Å². The summed E-state index contributed by atoms with van der Waals surface area (Å²) in [5.74, 6) is 0.675. The highest BCUT2D eigenvalue weighted by Crippen LogP contribution is 2.16. The van der Waals surface area contributed by atoms with Crippen molar-refractivity contribution in [3.8, 4) is 0 Å². The molecule has 0 saturated heterocycles. The number of nitrogens with zero attached hydrogens (tertiary/aromatic N) is 2. The third-order valence-corrected chi connectivity index (χ3v) is 3.02. The van der Waals surface area contributed by atoms with Crippen molar-refractivity contribution in [3.63, 3.8) is 0 Å². The van der Waals surface area contributed by atoms with Gasteiger partial charge < -0.3 is 9.73 Å². The predicted molar refractivity (Wildman–Crippen MR) is 60.2 cm³/mol. The van der Waals surface area contributed by atoms with E-state index in [9.17, 15) is 0 Å². The summed E-state index contributed by atoms with van der Waals surface area (Å²) < 4.78 is 5.20. The molecule has 2 aromatic rings. The molecule has 0 aliphatic heterocycles. The summed E-state index contributed by atoms with van der Waals surface area (Å²) in [6.07, 6.45) is 0. The molecule has 0 spiro atoms. The fraction of sp³-hybridized carbons (Fsp3) is 0.333. The van der Waals surface area contributed by atoms with Crippen LogP contribution in [0.1, 0.15) is 15.6 Å². The monoisotopic (exact) mass is 243 g/mol. The third kappa shape index (κ3) is 2.70. The summed E-state index contributed by atoms with van der Waals surface area (Å²) in [5.41, 5.74) is 0. The standard InChI is InChI=1S/C9H10ClN3OS/c1-6-2-3-7(15-6)5-11-9-13-12-8(4-10)14-9/h2-3H,4-5H2,1H3,(H,11,13). The summed E-state index contributed by atoms with van der Waals surface area (Å²) in [6, 6.07) is 4.57. The second-order valence-corrected chi connectivity index (χ2v) is 4.64. The molecule has 0 bridgehead atoms. The topological polar surface area (TPSA) is 51.0 Å². The molecule has 4 nitrogen and oxygen atoms in total. The first kappa shape index (κ1) is 10.4. The zero-order chi connectivity index (χ0) is 10.7. The molecule has 2 rings (SSSR count). The minimum atomic E-state index is 0.243. The van der Waals surface area contributed by atoms with E-state index in [1.807, 2.05) is 0 Å². The summed E-state index contributed by atoms with van der Waals surface area (Å²) in [7, 11) is 0. The lowest BCUT2D eigenvalue weighted by Crippen LogP contribution is -1.97. The average molecular weight is 244 g/mol. The Morgan fingerprint density at radius 2 is 2.33 bits per heavy atom. The van der Waals surface area contributed by atoms with Gasteiger partial charge >= 0.3 is 6.01 Å². The van der Waals surface area contributed by atoms with E-state index < -0.39 is 0 Å². The summed E-state index contributed by atoms with van der Waals surface area (Å²) in [4.78, 5) is 2.52. The summed E-state index contributed by atoms with van der Waals surface area (Å²) in [5, 5.41) is 10.6. The van der Waals surface area contributed by atoms with Gasteiger partial charge in [0.25, 0.3) is 0 Å². The number of rotatable bonds is 4. The fourth-order valence-electron chi connectivity index (χ4n) is 1.12. The number of aromatic nitrogens is 2. The lowest BCUT2D eigenvalue weighted by atomic mass is 10.4. The maximum Gasteiger partial charge on any atom is 0.315 e. The normalized spacial score (nSPS) is 10.5. The smallest absolute Gasteiger partial charge is 0.315 e. The van der Waals surface area contributed by atoms with Crippen molar-refractivity contribution in [2.45, 2.75) is 19.3 Å². The van der Waals surface area contributed by atoms with Gasteiger partial charge in [0.2, 0.25) is 5.89 Å². The third-order valence-electron chi connectivity index (χ3n) is 1.79. The molecule has 0 fully saturated rings. The molecule has 0 saturated carbocycles. The van der Waals surface area contributed by atoms with Crippen LogP contribution in [0, 0.1) is 6.92 Å². The fourth-order valence-corrected chi connectivity index (χ4v) is 2.06. The van der Waals surface area contributed by atoms with Gasteiger partial charge in [0.05, 0.1) is 6.54 Å². The van der Waals surface area contributed by atoms with Gasteiger partial charge in [-0.3, -0.25) is 0 Å². The van der Waals surface area contributed by atoms with Crippen LogP contribution in [0.5, 0.6) is 0 Å². The molecule has 2 aromatic heterocycles. The lowest BCUT2D eigenvalue weighted by molar-refractivity contribution is 0.525. The first-order chi connectivity index (χ1) is 7.28. The highest BCUT2D eigenvalue weighted by molar-refractivity contribution is 7.11. The zero-order valence-electron chi connectivity index (χ0n) is 8.16. The molecule has 80 valence electrons. The van der Waals surface area contributed by atoms with E-state index in [4.69, 9.17) is 16.0 Å². The maximum atomic E-state index is 5.54. The number of nitrogens with one attached hydrogen (secondary N) is 1. The van der Waals surface area contributed by atoms with Crippen molar-refractivity contribution in [2.75, 3.05) is 5.32 Å². The number of alkyl halides is 1. The molecule has 0 aliphatic carbocycles. The van der Waals surface area contributed by atoms with Crippen LogP contribution in [0.4, 0.5) is 6.01 Å². The van der Waals surface area contributed by atoms with Crippen LogP contribution in [0.25, 0.3) is 0 Å². The van der Waals surface area contributed by atoms with E-state index >= 15 is 0 Å². The largest absolute Gasteiger partial charge is 0.407 e. The second-order valence-electron chi connectivity index (χ2n) is 3.00. The molecule has 6 heteroatoms. The number of thiophene rings is 1. The highest BCUT2D eigenvalue weighted by Gasteiger charge is 2.04. The van der Waals surface area contributed by atoms with Crippen molar-refractivity contribution in [1.82, 2.24) is 10.2 Å². The van der Waals surface area contributed by atoms with E-state index in [0.717, 1.165) is 0 Å². The van der Waals surface area contributed by atoms with E-state index in [1.54, 1.807) is 11.3 Å². The van der Waals surface area contributed by atoms with Crippen LogP contribution < -0.4 is 5.32 Å². The molecular formula is C9H10ClN3OS. The molecule has 0 unspecified atom stereocenters. The molecule has 0 radical (unpaired) electrons. The number of hydrogen-bond acceptors (Lipinski definition) is 5. The number of aryl methyl sites for hydroxylation is 1. The predicted octanol–water partition coefficient (Wildman–Crippen LogP) is 2.79. The number of hydrogen-bond donors (Lipinski definition) is 1. The van der Waals surface area contributed by atoms with Gasteiger partial charge in [-0.1, -0.05) is 5.10 Å². The van der Waals surface area contributed by atoms with Gasteiger partial charge in [-0.05, 0) is 19.1 Å². The van der Waals surface area contributed by atoms with Gasteiger partial charge in [-0.2, -0.15) is 0 Å². The van der Waals surface area contributed by atoms with Crippen molar-refractivity contribution < 1.29 is 4.42 Å². The number of anilines is 1. The van der Waals surface area contributed by atoms with Crippen LogP contribution >= 0.6 is 22.9 Å². The Morgan fingerprint density at radius 1 is 1.47 bits per heavy atom. The minimum Gasteiger partial charge on any atom is -0.407 e. The Balaban J connectivity index is 1.93. The molecule has 0 atom stereocenters. The van der Waals surface area contributed by atoms with Crippen molar-refractivity contribution >= 4 is 29.0 Å². The minimum absolute atomic E-state index is 0.243. The first-order valence-electron chi connectivity index (χ1n) is 4.45. The molecule has 0 aliphatic rings. The van der Waals surface area contributed by atoms with Crippen LogP contribution in [-0.4, -0.2) is 10.2 Å². The Hall–Kier alpha value is -1.07. The quantitative estimate of drug-likeness (QED) is 0.839. The van der Waals surface area contributed by atoms with Crippen molar-refractivity contribution in [3.05, 3.63) is 27.8 Å². The average Bonchev–Trinajstić information content (AvgIpc) is 2.83. The molecule has 0 aromatic carbocycles. The van der Waals surface area contributed by atoms with Crippen LogP contribution in [-0.2, 0) is 12.4 Å². The van der Waals surface area contributed by atoms with Gasteiger partial charge in [-0.25, -0.2) is 0 Å². The molecule has 2 heterocycles. The van der Waals surface area contributed by atoms with Crippen molar-refractivity contribution in [2.24, 2.45) is 0 Å². The lowest BCUT2D eigenvalue weighted by Gasteiger charge is -1.96. The van der Waals surface area contributed by atoms with Crippen molar-refractivity contribution in [1.29, 1.82) is 0 Å². The molecule has 15 heavy (non-hydrogen) atoms. The molecular weight excluding hydrogens is 234 g/mol. The maximum absolute atomic E-state index is 5.54. The summed E-state index contributed by atoms with van der Waals surface area (Å²) >= 11 is 7.28.